The van der Waals surface area contributed by atoms with Crippen LogP contribution in [0.25, 0.3) is 0 Å². The van der Waals surface area contributed by atoms with Gasteiger partial charge >= 0.3 is 0 Å². The molecule has 0 amide bonds. The van der Waals surface area contributed by atoms with E-state index in [-0.39, 0.29) is 6.23 Å². The first-order valence-electron chi connectivity index (χ1n) is 3.58. The standard InChI is InChI=1S/C8H12N2O/c1-7(9-2)11-8-5-3-4-6-10-8/h3-7,9H,1-2H3/t7-/m1/s1. The zero-order valence-electron chi connectivity index (χ0n) is 6.74. The highest BCUT2D eigenvalue weighted by atomic mass is 16.5. The first-order chi connectivity index (χ1) is 5.33. The van der Waals surface area contributed by atoms with Crippen LogP contribution < -0.4 is 10.1 Å². The van der Waals surface area contributed by atoms with Gasteiger partial charge < -0.3 is 4.74 Å². The quantitative estimate of drug-likeness (QED) is 0.657. The van der Waals surface area contributed by atoms with E-state index in [4.69, 9.17) is 4.74 Å². The highest BCUT2D eigenvalue weighted by molar-refractivity contribution is 5.09. The Balaban J connectivity index is 2.51. The van der Waals surface area contributed by atoms with E-state index in [1.807, 2.05) is 32.2 Å². The molecule has 0 spiro atoms. The van der Waals surface area contributed by atoms with Gasteiger partial charge in [-0.15, -0.1) is 0 Å². The maximum atomic E-state index is 5.34. The van der Waals surface area contributed by atoms with Gasteiger partial charge in [-0.05, 0) is 20.0 Å². The predicted octanol–water partition coefficient (Wildman–Crippen LogP) is 1.03. The number of hydrogen-bond donors (Lipinski definition) is 1. The summed E-state index contributed by atoms with van der Waals surface area (Å²) in [4.78, 5) is 4.00. The van der Waals surface area contributed by atoms with Crippen LogP contribution in [0.2, 0.25) is 0 Å². The maximum Gasteiger partial charge on any atom is 0.214 e. The Bertz CT molecular complexity index is 201. The molecule has 1 aromatic heterocycles. The summed E-state index contributed by atoms with van der Waals surface area (Å²) < 4.78 is 5.34. The number of pyridine rings is 1. The fourth-order valence-electron chi connectivity index (χ4n) is 0.657. The van der Waals surface area contributed by atoms with Gasteiger partial charge in [-0.3, -0.25) is 5.32 Å². The van der Waals surface area contributed by atoms with Crippen molar-refractivity contribution >= 4 is 0 Å². The van der Waals surface area contributed by atoms with E-state index in [1.165, 1.54) is 0 Å². The van der Waals surface area contributed by atoms with Gasteiger partial charge in [-0.25, -0.2) is 4.98 Å². The molecule has 0 fully saturated rings. The number of ether oxygens (including phenoxy) is 1. The Hall–Kier alpha value is -1.09. The number of nitrogens with zero attached hydrogens (tertiary/aromatic N) is 1. The van der Waals surface area contributed by atoms with E-state index < -0.39 is 0 Å². The summed E-state index contributed by atoms with van der Waals surface area (Å²) in [6, 6.07) is 5.58. The van der Waals surface area contributed by atoms with Crippen LogP contribution >= 0.6 is 0 Å². The van der Waals surface area contributed by atoms with Crippen molar-refractivity contribution in [1.82, 2.24) is 10.3 Å². The summed E-state index contributed by atoms with van der Waals surface area (Å²) in [5.41, 5.74) is 0. The second kappa shape index (κ2) is 3.93. The fraction of sp³-hybridized carbons (Fsp3) is 0.375. The Morgan fingerprint density at radius 3 is 2.91 bits per heavy atom. The third-order valence-electron chi connectivity index (χ3n) is 1.34. The topological polar surface area (TPSA) is 34.1 Å². The lowest BCUT2D eigenvalue weighted by atomic mass is 10.5. The molecule has 0 saturated heterocycles. The van der Waals surface area contributed by atoms with Crippen molar-refractivity contribution in [2.45, 2.75) is 13.2 Å². The van der Waals surface area contributed by atoms with Gasteiger partial charge in [0.15, 0.2) is 0 Å². The Kier molecular flexibility index (Phi) is 2.86. The van der Waals surface area contributed by atoms with Gasteiger partial charge in [0.25, 0.3) is 0 Å². The van der Waals surface area contributed by atoms with E-state index in [0.29, 0.717) is 5.88 Å². The molecule has 3 nitrogen and oxygen atoms in total. The van der Waals surface area contributed by atoms with Crippen LogP contribution in [0.1, 0.15) is 6.92 Å². The second-order valence-electron chi connectivity index (χ2n) is 2.22. The minimum Gasteiger partial charge on any atom is -0.459 e. The monoisotopic (exact) mass is 152 g/mol. The predicted molar refractivity (Wildman–Crippen MR) is 43.4 cm³/mol. The van der Waals surface area contributed by atoms with Crippen molar-refractivity contribution in [3.63, 3.8) is 0 Å². The number of hydrogen-bond acceptors (Lipinski definition) is 3. The van der Waals surface area contributed by atoms with Gasteiger partial charge in [-0.2, -0.15) is 0 Å². The summed E-state index contributed by atoms with van der Waals surface area (Å²) in [5, 5.41) is 2.95. The third-order valence-corrected chi connectivity index (χ3v) is 1.34. The molecule has 0 radical (unpaired) electrons. The van der Waals surface area contributed by atoms with Crippen LogP contribution in [0, 0.1) is 0 Å². The molecule has 60 valence electrons. The Morgan fingerprint density at radius 2 is 2.36 bits per heavy atom. The molecule has 0 aliphatic rings. The van der Waals surface area contributed by atoms with Crippen LogP contribution in [0.3, 0.4) is 0 Å². The molecule has 0 aliphatic heterocycles. The lowest BCUT2D eigenvalue weighted by Crippen LogP contribution is -2.27. The molecule has 1 N–H and O–H groups in total. The van der Waals surface area contributed by atoms with Crippen molar-refractivity contribution in [2.75, 3.05) is 7.05 Å². The molecule has 0 unspecified atom stereocenters. The minimum absolute atomic E-state index is 0.00454. The van der Waals surface area contributed by atoms with Gasteiger partial charge in [0.1, 0.15) is 6.23 Å². The molecule has 0 saturated carbocycles. The molecule has 0 aliphatic carbocycles. The van der Waals surface area contributed by atoms with Gasteiger partial charge in [-0.1, -0.05) is 6.07 Å². The SMILES string of the molecule is CN[C@@H](C)Oc1ccccn1. The molecule has 1 atom stereocenters. The summed E-state index contributed by atoms with van der Waals surface area (Å²) >= 11 is 0. The lowest BCUT2D eigenvalue weighted by molar-refractivity contribution is 0.186. The zero-order chi connectivity index (χ0) is 8.10. The van der Waals surface area contributed by atoms with Crippen molar-refractivity contribution < 1.29 is 4.74 Å². The van der Waals surface area contributed by atoms with Crippen LogP contribution in [0.15, 0.2) is 24.4 Å². The lowest BCUT2D eigenvalue weighted by Gasteiger charge is -2.11. The van der Waals surface area contributed by atoms with Gasteiger partial charge in [0, 0.05) is 12.3 Å². The smallest absolute Gasteiger partial charge is 0.214 e. The van der Waals surface area contributed by atoms with E-state index in [0.717, 1.165) is 0 Å². The third kappa shape index (κ3) is 2.55. The molecule has 3 heteroatoms. The summed E-state index contributed by atoms with van der Waals surface area (Å²) in [6.07, 6.45) is 1.71. The fourth-order valence-corrected chi connectivity index (χ4v) is 0.657. The number of nitrogens with one attached hydrogen (secondary N) is 1. The van der Waals surface area contributed by atoms with E-state index >= 15 is 0 Å². The molecule has 1 aromatic rings. The number of rotatable bonds is 3. The van der Waals surface area contributed by atoms with Crippen molar-refractivity contribution in [1.29, 1.82) is 0 Å². The van der Waals surface area contributed by atoms with E-state index in [2.05, 4.69) is 10.3 Å². The normalized spacial score (nSPS) is 12.5. The molecule has 0 bridgehead atoms. The van der Waals surface area contributed by atoms with Crippen LogP contribution in [0.5, 0.6) is 5.88 Å². The molecule has 1 rings (SSSR count). The summed E-state index contributed by atoms with van der Waals surface area (Å²) in [6.45, 7) is 1.93. The zero-order valence-corrected chi connectivity index (χ0v) is 6.74. The highest BCUT2D eigenvalue weighted by Crippen LogP contribution is 2.04. The van der Waals surface area contributed by atoms with Gasteiger partial charge in [0.05, 0.1) is 0 Å². The van der Waals surface area contributed by atoms with Crippen LogP contribution in [0.4, 0.5) is 0 Å². The molecule has 0 aromatic carbocycles. The summed E-state index contributed by atoms with van der Waals surface area (Å²) in [7, 11) is 1.84. The van der Waals surface area contributed by atoms with Crippen molar-refractivity contribution in [3.05, 3.63) is 24.4 Å². The highest BCUT2D eigenvalue weighted by Gasteiger charge is 1.98. The summed E-state index contributed by atoms with van der Waals surface area (Å²) in [5.74, 6) is 0.648. The maximum absolute atomic E-state index is 5.34. The first-order valence-corrected chi connectivity index (χ1v) is 3.58. The first kappa shape index (κ1) is 8.01. The van der Waals surface area contributed by atoms with E-state index in [1.54, 1.807) is 6.20 Å². The minimum atomic E-state index is 0.00454. The molecule has 1 heterocycles. The largest absolute Gasteiger partial charge is 0.459 e. The van der Waals surface area contributed by atoms with Crippen molar-refractivity contribution in [2.24, 2.45) is 0 Å². The average molecular weight is 152 g/mol. The molecular formula is C8H12N2O. The molecular weight excluding hydrogens is 140 g/mol. The van der Waals surface area contributed by atoms with E-state index in [9.17, 15) is 0 Å². The van der Waals surface area contributed by atoms with Crippen LogP contribution in [-0.2, 0) is 0 Å². The Morgan fingerprint density at radius 1 is 1.55 bits per heavy atom. The number of aromatic nitrogens is 1. The average Bonchev–Trinajstić information content (AvgIpc) is 2.06. The Labute approximate surface area is 66.4 Å². The van der Waals surface area contributed by atoms with Crippen molar-refractivity contribution in [3.8, 4) is 5.88 Å². The van der Waals surface area contributed by atoms with Gasteiger partial charge in [0.2, 0.25) is 5.88 Å². The molecule has 11 heavy (non-hydrogen) atoms. The van der Waals surface area contributed by atoms with Crippen LogP contribution in [-0.4, -0.2) is 18.3 Å². The second-order valence-corrected chi connectivity index (χ2v) is 2.22.